The first-order chi connectivity index (χ1) is 13.8. The summed E-state index contributed by atoms with van der Waals surface area (Å²) < 4.78 is 9.77. The van der Waals surface area contributed by atoms with Gasteiger partial charge in [-0.25, -0.2) is 0 Å². The van der Waals surface area contributed by atoms with E-state index in [1.165, 1.54) is 18.6 Å². The monoisotopic (exact) mass is 427 g/mol. The van der Waals surface area contributed by atoms with Crippen molar-refractivity contribution in [3.05, 3.63) is 121 Å². The molecular weight excluding hydrogens is 403 g/mol. The van der Waals surface area contributed by atoms with Crippen molar-refractivity contribution in [2.45, 2.75) is 5.21 Å². The van der Waals surface area contributed by atoms with Crippen molar-refractivity contribution in [1.29, 1.82) is 0 Å². The quantitative estimate of drug-likeness (QED) is 0.424. The Hall–Kier alpha value is -2.76. The van der Waals surface area contributed by atoms with Gasteiger partial charge in [0.05, 0.1) is 0 Å². The van der Waals surface area contributed by atoms with E-state index in [4.69, 9.17) is 4.74 Å². The van der Waals surface area contributed by atoms with E-state index < -0.39 is 13.6 Å². The van der Waals surface area contributed by atoms with Crippen molar-refractivity contribution in [2.75, 3.05) is 7.11 Å². The number of methoxy groups -OCH3 is 1. The van der Waals surface area contributed by atoms with Crippen molar-refractivity contribution in [3.8, 4) is 5.75 Å². The minimum absolute atomic E-state index is 0.902. The first kappa shape index (κ1) is 18.6. The number of ether oxygens (including phenoxy) is 1. The average Bonchev–Trinajstić information content (AvgIpc) is 2.80. The van der Waals surface area contributed by atoms with Crippen LogP contribution in [0.5, 0.6) is 5.75 Å². The maximum atomic E-state index is 5.37. The molecule has 0 saturated carbocycles. The molecule has 28 heavy (non-hydrogen) atoms. The van der Waals surface area contributed by atoms with Gasteiger partial charge in [0.2, 0.25) is 0 Å². The normalized spacial score (nSPS) is 11.2. The summed E-state index contributed by atoms with van der Waals surface area (Å²) in [5.41, 5.74) is 1.35. The summed E-state index contributed by atoms with van der Waals surface area (Å²) in [6, 6.07) is 41.8. The van der Waals surface area contributed by atoms with Crippen LogP contribution in [0.15, 0.2) is 115 Å². The van der Waals surface area contributed by atoms with E-state index in [2.05, 4.69) is 115 Å². The molecule has 0 heterocycles. The number of hydrogen-bond donors (Lipinski definition) is 0. The van der Waals surface area contributed by atoms with E-state index in [1.807, 2.05) is 0 Å². The SMILES string of the molecule is COc1ccc(C[As](c2ccccc2)(c2ccccc2)c2ccccc2)cc1. The fourth-order valence-corrected chi connectivity index (χ4v) is 12.7. The van der Waals surface area contributed by atoms with Gasteiger partial charge < -0.3 is 0 Å². The first-order valence-electron chi connectivity index (χ1n) is 9.51. The molecule has 0 fully saturated rings. The van der Waals surface area contributed by atoms with Crippen molar-refractivity contribution in [2.24, 2.45) is 0 Å². The van der Waals surface area contributed by atoms with Crippen molar-refractivity contribution in [3.63, 3.8) is 0 Å². The van der Waals surface area contributed by atoms with E-state index in [0.717, 1.165) is 11.0 Å². The van der Waals surface area contributed by atoms with Gasteiger partial charge in [-0.05, 0) is 0 Å². The molecule has 0 saturated heterocycles. The van der Waals surface area contributed by atoms with Crippen LogP contribution in [-0.4, -0.2) is 20.7 Å². The van der Waals surface area contributed by atoms with Crippen LogP contribution in [0.3, 0.4) is 0 Å². The van der Waals surface area contributed by atoms with Crippen LogP contribution in [0.2, 0.25) is 0 Å². The summed E-state index contributed by atoms with van der Waals surface area (Å²) in [5, 5.41) is 1.04. The Morgan fingerprint density at radius 3 is 1.29 bits per heavy atom. The van der Waals surface area contributed by atoms with Gasteiger partial charge in [0.15, 0.2) is 0 Å². The molecule has 1 nitrogen and oxygen atoms in total. The number of rotatable bonds is 6. The van der Waals surface area contributed by atoms with Crippen LogP contribution in [0.1, 0.15) is 5.56 Å². The Labute approximate surface area is 170 Å². The van der Waals surface area contributed by atoms with Gasteiger partial charge in [0.25, 0.3) is 0 Å². The molecule has 0 aliphatic carbocycles. The Balaban J connectivity index is 1.95. The molecular formula is C26H24AsO. The third-order valence-corrected chi connectivity index (χ3v) is 14.4. The van der Waals surface area contributed by atoms with E-state index in [-0.39, 0.29) is 0 Å². The second kappa shape index (κ2) is 8.50. The summed E-state index contributed by atoms with van der Waals surface area (Å²) in [7, 11) is 1.72. The molecule has 4 rings (SSSR count). The van der Waals surface area contributed by atoms with Gasteiger partial charge in [-0.15, -0.1) is 0 Å². The molecule has 2 heteroatoms. The van der Waals surface area contributed by atoms with Crippen LogP contribution in [0.4, 0.5) is 0 Å². The molecule has 0 amide bonds. The van der Waals surface area contributed by atoms with Crippen LogP contribution in [0.25, 0.3) is 0 Å². The molecule has 139 valence electrons. The summed E-state index contributed by atoms with van der Waals surface area (Å²) in [6.45, 7) is 0. The van der Waals surface area contributed by atoms with Gasteiger partial charge in [-0.1, -0.05) is 0 Å². The zero-order chi connectivity index (χ0) is 19.2. The maximum absolute atomic E-state index is 5.37. The topological polar surface area (TPSA) is 9.23 Å². The van der Waals surface area contributed by atoms with E-state index in [9.17, 15) is 0 Å². The molecule has 0 aromatic heterocycles. The van der Waals surface area contributed by atoms with Gasteiger partial charge in [-0.2, -0.15) is 0 Å². The van der Waals surface area contributed by atoms with E-state index in [0.29, 0.717) is 0 Å². The van der Waals surface area contributed by atoms with E-state index >= 15 is 0 Å². The fraction of sp³-hybridized carbons (Fsp3) is 0.0769. The Morgan fingerprint density at radius 1 is 0.536 bits per heavy atom. The minimum atomic E-state index is -2.70. The summed E-state index contributed by atoms with van der Waals surface area (Å²) >= 11 is -2.70. The molecule has 0 atom stereocenters. The molecule has 0 aliphatic rings. The third kappa shape index (κ3) is 3.63. The van der Waals surface area contributed by atoms with Crippen LogP contribution >= 0.6 is 0 Å². The standard InChI is InChI=1S/C26H24AsO/c1-28-26-19-17-22(18-20-26)21-27(23-11-5-2-6-12-23,24-13-7-3-8-14-24)25-15-9-4-10-16-25/h2-20H,21H2,1H3. The first-order valence-corrected chi connectivity index (χ1v) is 13.6. The van der Waals surface area contributed by atoms with Crippen molar-refractivity contribution in [1.82, 2.24) is 0 Å². The second-order valence-corrected chi connectivity index (χ2v) is 14.1. The van der Waals surface area contributed by atoms with Crippen molar-refractivity contribution >= 4 is 26.6 Å². The van der Waals surface area contributed by atoms with Gasteiger partial charge >= 0.3 is 170 Å². The van der Waals surface area contributed by atoms with E-state index in [1.54, 1.807) is 7.11 Å². The molecule has 0 N–H and O–H groups in total. The molecule has 4 aromatic carbocycles. The molecule has 4 aromatic rings. The molecule has 0 aliphatic heterocycles. The zero-order valence-corrected chi connectivity index (χ0v) is 17.9. The van der Waals surface area contributed by atoms with Gasteiger partial charge in [-0.3, -0.25) is 0 Å². The molecule has 0 bridgehead atoms. The summed E-state index contributed by atoms with van der Waals surface area (Å²) in [5.74, 6) is 0.902. The Kier molecular flexibility index (Phi) is 5.65. The van der Waals surface area contributed by atoms with Gasteiger partial charge in [0.1, 0.15) is 0 Å². The third-order valence-electron chi connectivity index (χ3n) is 5.17. The zero-order valence-electron chi connectivity index (χ0n) is 16.0. The van der Waals surface area contributed by atoms with Crippen LogP contribution in [-0.2, 0) is 5.21 Å². The van der Waals surface area contributed by atoms with Crippen LogP contribution in [0, 0.1) is 0 Å². The summed E-state index contributed by atoms with van der Waals surface area (Å²) in [4.78, 5) is 0. The predicted molar refractivity (Wildman–Crippen MR) is 121 cm³/mol. The molecule has 1 radical (unpaired) electrons. The second-order valence-electron chi connectivity index (χ2n) is 6.82. The van der Waals surface area contributed by atoms with Crippen LogP contribution < -0.4 is 17.8 Å². The summed E-state index contributed by atoms with van der Waals surface area (Å²) in [6.07, 6.45) is 0. The Morgan fingerprint density at radius 2 is 0.929 bits per heavy atom. The Bertz CT molecular complexity index is 900. The fourth-order valence-electron chi connectivity index (χ4n) is 3.77. The molecule has 0 unspecified atom stereocenters. The van der Waals surface area contributed by atoms with Crippen molar-refractivity contribution < 1.29 is 4.74 Å². The molecule has 0 spiro atoms. The predicted octanol–water partition coefficient (Wildman–Crippen LogP) is 3.95. The number of hydrogen-bond acceptors (Lipinski definition) is 1. The average molecular weight is 427 g/mol. The number of benzene rings is 4. The van der Waals surface area contributed by atoms with Gasteiger partial charge in [0, 0.05) is 0 Å².